The van der Waals surface area contributed by atoms with Gasteiger partial charge in [0.15, 0.2) is 0 Å². The van der Waals surface area contributed by atoms with Crippen LogP contribution < -0.4 is 4.74 Å². The van der Waals surface area contributed by atoms with Crippen LogP contribution in [0.2, 0.25) is 0 Å². The van der Waals surface area contributed by atoms with Crippen molar-refractivity contribution in [3.8, 4) is 16.2 Å². The fraction of sp³-hybridized carbons (Fsp3) is 0.500. The van der Waals surface area contributed by atoms with E-state index in [1.54, 1.807) is 6.08 Å². The molecule has 0 unspecified atom stereocenters. The fourth-order valence-corrected chi connectivity index (χ4v) is 7.03. The maximum atomic E-state index is 11.3. The van der Waals surface area contributed by atoms with Gasteiger partial charge >= 0.3 is 5.97 Å². The third kappa shape index (κ3) is 9.49. The number of benzene rings is 2. The third-order valence-electron chi connectivity index (χ3n) is 8.46. The van der Waals surface area contributed by atoms with E-state index in [2.05, 4.69) is 71.4 Å². The number of carbonyl (C=O) groups is 1. The Labute approximate surface area is 279 Å². The highest BCUT2D eigenvalue weighted by Gasteiger charge is 2.29. The highest BCUT2D eigenvalue weighted by molar-refractivity contribution is 7.16. The lowest BCUT2D eigenvalue weighted by Gasteiger charge is -2.28. The van der Waals surface area contributed by atoms with E-state index in [1.165, 1.54) is 51.4 Å². The van der Waals surface area contributed by atoms with Crippen LogP contribution in [0.4, 0.5) is 0 Å². The van der Waals surface area contributed by atoms with Crippen LogP contribution >= 0.6 is 23.1 Å². The predicted octanol–water partition coefficient (Wildman–Crippen LogP) is 11.0. The molecule has 4 rings (SSSR count). The minimum Gasteiger partial charge on any atom is -0.494 e. The first-order valence-electron chi connectivity index (χ1n) is 16.3. The third-order valence-corrected chi connectivity index (χ3v) is 10.5. The van der Waals surface area contributed by atoms with Crippen molar-refractivity contribution in [2.45, 2.75) is 105 Å². The summed E-state index contributed by atoms with van der Waals surface area (Å²) in [6.07, 6.45) is 8.66. The summed E-state index contributed by atoms with van der Waals surface area (Å²) in [5.41, 5.74) is 7.07. The number of aromatic nitrogens is 2. The largest absolute Gasteiger partial charge is 0.494 e. The smallest absolute Gasteiger partial charge is 0.330 e. The molecule has 0 atom stereocenters. The minimum absolute atomic E-state index is 0.0197. The molecule has 45 heavy (non-hydrogen) atoms. The topological polar surface area (TPSA) is 61.3 Å². The van der Waals surface area contributed by atoms with Gasteiger partial charge in [-0.25, -0.2) is 4.79 Å². The van der Waals surface area contributed by atoms with Crippen molar-refractivity contribution in [3.63, 3.8) is 0 Å². The maximum absolute atomic E-state index is 11.3. The van der Waals surface area contributed by atoms with Gasteiger partial charge in [-0.05, 0) is 71.6 Å². The number of rotatable bonds is 13. The summed E-state index contributed by atoms with van der Waals surface area (Å²) in [6, 6.07) is 14.8. The zero-order valence-corrected chi connectivity index (χ0v) is 30.6. The van der Waals surface area contributed by atoms with E-state index in [9.17, 15) is 4.79 Å². The maximum Gasteiger partial charge on any atom is 0.330 e. The van der Waals surface area contributed by atoms with Crippen molar-refractivity contribution < 1.29 is 14.3 Å². The second-order valence-corrected chi connectivity index (χ2v) is 14.7. The lowest BCUT2D eigenvalue weighted by molar-refractivity contribution is -0.134. The van der Waals surface area contributed by atoms with Gasteiger partial charge in [-0.15, -0.1) is 11.3 Å². The van der Waals surface area contributed by atoms with Crippen LogP contribution in [0.15, 0.2) is 48.5 Å². The molecular weight excluding hydrogens is 597 g/mol. The molecule has 0 N–H and O–H groups in total. The second kappa shape index (κ2) is 16.5. The van der Waals surface area contributed by atoms with Crippen LogP contribution in [0.25, 0.3) is 27.6 Å². The van der Waals surface area contributed by atoms with Gasteiger partial charge in [-0.2, -0.15) is 8.75 Å². The normalized spacial score (nSPS) is 12.1. The molecule has 4 aromatic rings. The quantitative estimate of drug-likeness (QED) is 0.0820. The molecule has 0 aliphatic heterocycles. The SMILES string of the molecule is CC.COC(=O)/C=C/c1ccc(OCCCCCCc2cc(C(C)(C)C(C)C)sc2-c2ccc(C(C)(C)C)c3nsnc23)cc1. The Kier molecular flexibility index (Phi) is 13.4. The van der Waals surface area contributed by atoms with Crippen LogP contribution in [0.1, 0.15) is 110 Å². The number of thiophene rings is 1. The summed E-state index contributed by atoms with van der Waals surface area (Å²) in [5.74, 6) is 1.03. The Balaban J connectivity index is 0.00000271. The van der Waals surface area contributed by atoms with Gasteiger partial charge in [-0.1, -0.05) is 99.4 Å². The molecule has 7 heteroatoms. The average molecular weight is 649 g/mol. The summed E-state index contributed by atoms with van der Waals surface area (Å²) in [6.45, 7) is 20.8. The number of nitrogens with zero attached hydrogens (tertiary/aromatic N) is 2. The molecule has 5 nitrogen and oxygen atoms in total. The number of aryl methyl sites for hydroxylation is 1. The number of hydrogen-bond acceptors (Lipinski definition) is 7. The Morgan fingerprint density at radius 3 is 2.22 bits per heavy atom. The molecule has 0 saturated heterocycles. The van der Waals surface area contributed by atoms with E-state index in [1.807, 2.05) is 49.4 Å². The first kappa shape index (κ1) is 36.4. The zero-order chi connectivity index (χ0) is 33.2. The van der Waals surface area contributed by atoms with Gasteiger partial charge in [0.25, 0.3) is 0 Å². The molecule has 2 aromatic heterocycles. The first-order chi connectivity index (χ1) is 21.4. The molecule has 0 radical (unpaired) electrons. The van der Waals surface area contributed by atoms with Crippen molar-refractivity contribution in [2.75, 3.05) is 13.7 Å². The van der Waals surface area contributed by atoms with Crippen molar-refractivity contribution in [1.29, 1.82) is 0 Å². The lowest BCUT2D eigenvalue weighted by atomic mass is 9.79. The van der Waals surface area contributed by atoms with Crippen molar-refractivity contribution >= 4 is 46.1 Å². The molecule has 0 saturated carbocycles. The highest BCUT2D eigenvalue weighted by Crippen LogP contribution is 2.45. The van der Waals surface area contributed by atoms with Crippen molar-refractivity contribution in [1.82, 2.24) is 8.75 Å². The van der Waals surface area contributed by atoms with Crippen LogP contribution in [-0.2, 0) is 26.8 Å². The molecular formula is C38H52N2O3S2. The number of esters is 1. The molecule has 244 valence electrons. The summed E-state index contributed by atoms with van der Waals surface area (Å²) in [5, 5.41) is 0. The molecule has 0 bridgehead atoms. The monoisotopic (exact) mass is 648 g/mol. The van der Waals surface area contributed by atoms with Gasteiger partial charge in [0.05, 0.1) is 25.4 Å². The van der Waals surface area contributed by atoms with Gasteiger partial charge in [0, 0.05) is 26.8 Å². The molecule has 0 aliphatic rings. The number of carbonyl (C=O) groups excluding carboxylic acids is 1. The van der Waals surface area contributed by atoms with E-state index < -0.39 is 0 Å². The van der Waals surface area contributed by atoms with E-state index in [4.69, 9.17) is 13.5 Å². The molecule has 0 spiro atoms. The van der Waals surface area contributed by atoms with Gasteiger partial charge in [0.2, 0.25) is 0 Å². The Morgan fingerprint density at radius 1 is 0.911 bits per heavy atom. The van der Waals surface area contributed by atoms with E-state index in [0.717, 1.165) is 54.5 Å². The first-order valence-corrected chi connectivity index (χ1v) is 17.8. The molecule has 0 amide bonds. The van der Waals surface area contributed by atoms with E-state index >= 15 is 0 Å². The van der Waals surface area contributed by atoms with E-state index in [-0.39, 0.29) is 16.8 Å². The Morgan fingerprint density at radius 2 is 1.58 bits per heavy atom. The van der Waals surface area contributed by atoms with Gasteiger partial charge < -0.3 is 9.47 Å². The summed E-state index contributed by atoms with van der Waals surface area (Å²) in [7, 11) is 1.37. The fourth-order valence-electron chi connectivity index (χ4n) is 4.97. The van der Waals surface area contributed by atoms with Crippen molar-refractivity contribution in [3.05, 3.63) is 70.1 Å². The number of hydrogen-bond donors (Lipinski definition) is 0. The van der Waals surface area contributed by atoms with Crippen molar-refractivity contribution in [2.24, 2.45) is 5.92 Å². The van der Waals surface area contributed by atoms with Gasteiger partial charge in [-0.3, -0.25) is 0 Å². The summed E-state index contributed by atoms with van der Waals surface area (Å²) < 4.78 is 20.1. The van der Waals surface area contributed by atoms with Crippen LogP contribution in [0.5, 0.6) is 5.75 Å². The molecule has 0 fully saturated rings. The molecule has 2 heterocycles. The molecule has 0 aliphatic carbocycles. The summed E-state index contributed by atoms with van der Waals surface area (Å²) >= 11 is 3.27. The minimum atomic E-state index is -0.362. The zero-order valence-electron chi connectivity index (χ0n) is 29.0. The highest BCUT2D eigenvalue weighted by atomic mass is 32.1. The number of methoxy groups -OCH3 is 1. The second-order valence-electron chi connectivity index (χ2n) is 13.2. The van der Waals surface area contributed by atoms with Crippen LogP contribution in [-0.4, -0.2) is 28.4 Å². The lowest BCUT2D eigenvalue weighted by Crippen LogP contribution is -2.22. The number of unbranched alkanes of at least 4 members (excludes halogenated alkanes) is 3. The van der Waals surface area contributed by atoms with E-state index in [0.29, 0.717) is 12.5 Å². The molecule has 2 aromatic carbocycles. The summed E-state index contributed by atoms with van der Waals surface area (Å²) in [4.78, 5) is 14.1. The standard InChI is InChI=1S/C36H46N2O3S2.C2H6/c1-24(2)36(6,7)30-23-26(34(42-30)28-19-20-29(35(3,4)5)33-32(28)37-43-38-33)13-11-9-10-12-22-41-27-17-14-25(15-18-27)16-21-31(39)40-8;1-2/h14-21,23-24H,9-13,22H2,1-8H3;1-2H3/b21-16+;. The van der Waals surface area contributed by atoms with Gasteiger partial charge in [0.1, 0.15) is 16.8 Å². The predicted molar refractivity (Wildman–Crippen MR) is 194 cm³/mol. The number of ether oxygens (including phenoxy) is 2. The number of fused-ring (bicyclic) bond motifs is 1. The Hall–Kier alpha value is -3.03. The average Bonchev–Trinajstić information content (AvgIpc) is 3.68. The van der Waals surface area contributed by atoms with Crippen LogP contribution in [0, 0.1) is 5.92 Å². The Bertz CT molecular complexity index is 1540. The van der Waals surface area contributed by atoms with Crippen LogP contribution in [0.3, 0.4) is 0 Å².